The van der Waals surface area contributed by atoms with Crippen LogP contribution < -0.4 is 10.6 Å². The molecule has 0 aliphatic heterocycles. The fourth-order valence-electron chi connectivity index (χ4n) is 3.25. The fraction of sp³-hybridized carbons (Fsp3) is 0.474. The van der Waals surface area contributed by atoms with Crippen LogP contribution in [0.4, 0.5) is 4.79 Å². The Hall–Kier alpha value is -2.34. The van der Waals surface area contributed by atoms with Gasteiger partial charge in [0.25, 0.3) is 0 Å². The third-order valence-electron chi connectivity index (χ3n) is 4.76. The van der Waals surface area contributed by atoms with Crippen molar-refractivity contribution in [1.29, 1.82) is 0 Å². The maximum Gasteiger partial charge on any atom is 0.315 e. The molecular formula is C19H26N4O2. The number of carbonyl (C=O) groups excluding carboxylic acids is 1. The number of hydrogen-bond acceptors (Lipinski definition) is 3. The third-order valence-corrected chi connectivity index (χ3v) is 4.76. The minimum Gasteiger partial charge on any atom is -0.393 e. The molecule has 134 valence electrons. The summed E-state index contributed by atoms with van der Waals surface area (Å²) in [5, 5.41) is 15.6. The van der Waals surface area contributed by atoms with Crippen LogP contribution in [-0.2, 0) is 0 Å². The molecule has 3 rings (SSSR count). The molecule has 6 heteroatoms. The molecule has 1 aromatic heterocycles. The lowest BCUT2D eigenvalue weighted by Crippen LogP contribution is -2.45. The first-order valence-electron chi connectivity index (χ1n) is 9.01. The molecule has 0 radical (unpaired) electrons. The van der Waals surface area contributed by atoms with E-state index >= 15 is 0 Å². The Bertz CT molecular complexity index is 678. The molecule has 25 heavy (non-hydrogen) atoms. The van der Waals surface area contributed by atoms with E-state index in [9.17, 15) is 9.90 Å². The number of aliphatic hydroxyl groups excluding tert-OH is 1. The molecule has 2 aromatic rings. The van der Waals surface area contributed by atoms with Crippen LogP contribution in [0.1, 0.15) is 50.9 Å². The Kier molecular flexibility index (Phi) is 5.71. The summed E-state index contributed by atoms with van der Waals surface area (Å²) in [6.45, 7) is 2.02. The lowest BCUT2D eigenvalue weighted by Gasteiger charge is -2.27. The van der Waals surface area contributed by atoms with Gasteiger partial charge in [0.15, 0.2) is 0 Å². The second-order valence-corrected chi connectivity index (χ2v) is 6.63. The summed E-state index contributed by atoms with van der Waals surface area (Å²) in [4.78, 5) is 20.0. The van der Waals surface area contributed by atoms with Gasteiger partial charge in [0.05, 0.1) is 24.0 Å². The van der Waals surface area contributed by atoms with E-state index in [-0.39, 0.29) is 24.2 Å². The van der Waals surface area contributed by atoms with E-state index in [0.717, 1.165) is 49.2 Å². The number of H-pyrrole nitrogens is 1. The van der Waals surface area contributed by atoms with Crippen molar-refractivity contribution in [2.24, 2.45) is 0 Å². The Morgan fingerprint density at radius 3 is 2.68 bits per heavy atom. The second-order valence-electron chi connectivity index (χ2n) is 6.63. The van der Waals surface area contributed by atoms with Gasteiger partial charge in [-0.2, -0.15) is 0 Å². The highest BCUT2D eigenvalue weighted by atomic mass is 16.3. The van der Waals surface area contributed by atoms with Crippen LogP contribution in [0, 0.1) is 0 Å². The van der Waals surface area contributed by atoms with Crippen molar-refractivity contribution >= 4 is 6.03 Å². The van der Waals surface area contributed by atoms with E-state index in [2.05, 4.69) is 20.6 Å². The average molecular weight is 342 g/mol. The van der Waals surface area contributed by atoms with Crippen molar-refractivity contribution in [3.8, 4) is 11.3 Å². The van der Waals surface area contributed by atoms with E-state index in [1.54, 1.807) is 6.20 Å². The van der Waals surface area contributed by atoms with E-state index in [1.165, 1.54) is 0 Å². The summed E-state index contributed by atoms with van der Waals surface area (Å²) in [6, 6.07) is 9.80. The Morgan fingerprint density at radius 2 is 2.00 bits per heavy atom. The molecule has 6 nitrogen and oxygen atoms in total. The molecule has 0 saturated heterocycles. The third kappa shape index (κ3) is 4.60. The minimum atomic E-state index is -0.218. The second kappa shape index (κ2) is 8.16. The van der Waals surface area contributed by atoms with Crippen LogP contribution >= 0.6 is 0 Å². The minimum absolute atomic E-state index is 0.136. The number of urea groups is 1. The number of aromatic amines is 1. The molecule has 1 fully saturated rings. The van der Waals surface area contributed by atoms with Crippen molar-refractivity contribution in [2.45, 2.75) is 57.2 Å². The highest BCUT2D eigenvalue weighted by Gasteiger charge is 2.22. The van der Waals surface area contributed by atoms with Gasteiger partial charge in [0, 0.05) is 6.04 Å². The zero-order chi connectivity index (χ0) is 17.6. The Morgan fingerprint density at radius 1 is 1.28 bits per heavy atom. The van der Waals surface area contributed by atoms with Gasteiger partial charge in [0.2, 0.25) is 0 Å². The fourth-order valence-corrected chi connectivity index (χ4v) is 3.25. The van der Waals surface area contributed by atoms with Crippen LogP contribution in [0.3, 0.4) is 0 Å². The molecule has 0 spiro atoms. The van der Waals surface area contributed by atoms with Gasteiger partial charge in [-0.1, -0.05) is 37.3 Å². The lowest BCUT2D eigenvalue weighted by atomic mass is 9.93. The number of hydrogen-bond donors (Lipinski definition) is 4. The van der Waals surface area contributed by atoms with Crippen molar-refractivity contribution in [1.82, 2.24) is 20.6 Å². The van der Waals surface area contributed by atoms with E-state index in [1.807, 2.05) is 37.3 Å². The van der Waals surface area contributed by atoms with Gasteiger partial charge in [-0.25, -0.2) is 9.78 Å². The summed E-state index contributed by atoms with van der Waals surface area (Å²) in [5.74, 6) is 0.760. The van der Waals surface area contributed by atoms with Crippen molar-refractivity contribution in [2.75, 3.05) is 0 Å². The number of nitrogens with zero attached hydrogens (tertiary/aromatic N) is 1. The van der Waals surface area contributed by atoms with Crippen molar-refractivity contribution < 1.29 is 9.90 Å². The molecular weight excluding hydrogens is 316 g/mol. The first kappa shape index (κ1) is 17.5. The number of benzene rings is 1. The summed E-state index contributed by atoms with van der Waals surface area (Å²) in [6.07, 6.45) is 5.48. The van der Waals surface area contributed by atoms with Crippen LogP contribution in [0.2, 0.25) is 0 Å². The molecule has 4 N–H and O–H groups in total. The molecule has 1 aromatic carbocycles. The van der Waals surface area contributed by atoms with Gasteiger partial charge in [-0.05, 0) is 37.7 Å². The molecule has 2 amide bonds. The zero-order valence-electron chi connectivity index (χ0n) is 14.5. The highest BCUT2D eigenvalue weighted by molar-refractivity contribution is 5.74. The number of carbonyl (C=O) groups is 1. The van der Waals surface area contributed by atoms with E-state index in [4.69, 9.17) is 0 Å². The Balaban J connectivity index is 1.59. The number of imidazole rings is 1. The van der Waals surface area contributed by atoms with Gasteiger partial charge in [0.1, 0.15) is 5.82 Å². The number of aromatic nitrogens is 2. The molecule has 1 heterocycles. The van der Waals surface area contributed by atoms with Crippen LogP contribution in [0.5, 0.6) is 0 Å². The molecule has 1 atom stereocenters. The Labute approximate surface area is 148 Å². The average Bonchev–Trinajstić information content (AvgIpc) is 3.12. The van der Waals surface area contributed by atoms with E-state index < -0.39 is 0 Å². The lowest BCUT2D eigenvalue weighted by molar-refractivity contribution is 0.117. The summed E-state index contributed by atoms with van der Waals surface area (Å²) >= 11 is 0. The zero-order valence-corrected chi connectivity index (χ0v) is 14.5. The summed E-state index contributed by atoms with van der Waals surface area (Å²) in [7, 11) is 0. The van der Waals surface area contributed by atoms with E-state index in [0.29, 0.717) is 0 Å². The summed E-state index contributed by atoms with van der Waals surface area (Å²) in [5.41, 5.74) is 2.01. The predicted octanol–water partition coefficient (Wildman–Crippen LogP) is 3.13. The number of amides is 2. The van der Waals surface area contributed by atoms with Crippen LogP contribution in [0.25, 0.3) is 11.3 Å². The maximum atomic E-state index is 12.3. The van der Waals surface area contributed by atoms with Crippen LogP contribution in [-0.4, -0.2) is 33.3 Å². The standard InChI is InChI=1S/C19H26N4O2/c1-2-16(23-19(25)21-14-8-10-15(24)11-9-14)18-20-12-17(22-18)13-6-4-3-5-7-13/h3-7,12,14-16,24H,2,8-11H2,1H3,(H,20,22)(H2,21,23,25). The smallest absolute Gasteiger partial charge is 0.315 e. The van der Waals surface area contributed by atoms with Gasteiger partial charge in [-0.3, -0.25) is 0 Å². The quantitative estimate of drug-likeness (QED) is 0.673. The summed E-state index contributed by atoms with van der Waals surface area (Å²) < 4.78 is 0. The van der Waals surface area contributed by atoms with Crippen molar-refractivity contribution in [3.63, 3.8) is 0 Å². The molecule has 1 unspecified atom stereocenters. The van der Waals surface area contributed by atoms with Gasteiger partial charge < -0.3 is 20.7 Å². The number of aliphatic hydroxyl groups is 1. The predicted molar refractivity (Wildman–Crippen MR) is 97.0 cm³/mol. The monoisotopic (exact) mass is 342 g/mol. The SMILES string of the molecule is CCC(NC(=O)NC1CCC(O)CC1)c1ncc(-c2ccccc2)[nH]1. The first-order valence-corrected chi connectivity index (χ1v) is 9.01. The van der Waals surface area contributed by atoms with Gasteiger partial charge >= 0.3 is 6.03 Å². The molecule has 1 aliphatic rings. The largest absolute Gasteiger partial charge is 0.393 e. The number of nitrogens with one attached hydrogen (secondary N) is 3. The van der Waals surface area contributed by atoms with Crippen LogP contribution in [0.15, 0.2) is 36.5 Å². The topological polar surface area (TPSA) is 90.0 Å². The first-order chi connectivity index (χ1) is 12.2. The number of rotatable bonds is 5. The maximum absolute atomic E-state index is 12.3. The normalized spacial score (nSPS) is 21.5. The van der Waals surface area contributed by atoms with Gasteiger partial charge in [-0.15, -0.1) is 0 Å². The highest BCUT2D eigenvalue weighted by Crippen LogP contribution is 2.21. The molecule has 0 bridgehead atoms. The molecule has 1 saturated carbocycles. The van der Waals surface area contributed by atoms with Crippen molar-refractivity contribution in [3.05, 3.63) is 42.4 Å². The molecule has 1 aliphatic carbocycles.